The molecule has 1 aliphatic carbocycles. The molecule has 1 fully saturated rings. The van der Waals surface area contributed by atoms with Crippen molar-refractivity contribution < 1.29 is 17.6 Å². The molecular formula is C19H22FN3O3S. The number of carbonyl (C=O) groups is 1. The average molecular weight is 391 g/mol. The Balaban J connectivity index is 1.67. The Morgan fingerprint density at radius 3 is 2.26 bits per heavy atom. The number of rotatable bonds is 5. The minimum atomic E-state index is -3.95. The minimum Gasteiger partial charge on any atom is -0.349 e. The zero-order chi connectivity index (χ0) is 19.4. The van der Waals surface area contributed by atoms with E-state index < -0.39 is 15.8 Å². The number of para-hydroxylation sites is 1. The van der Waals surface area contributed by atoms with Crippen molar-refractivity contribution in [2.75, 3.05) is 4.72 Å². The first-order valence-electron chi connectivity index (χ1n) is 8.79. The van der Waals surface area contributed by atoms with Crippen LogP contribution in [0.15, 0.2) is 53.4 Å². The summed E-state index contributed by atoms with van der Waals surface area (Å²) >= 11 is 0. The monoisotopic (exact) mass is 391 g/mol. The SMILES string of the molecule is NC1CCC(NC(=O)c2ccc(S(=O)(=O)Nc3ccccc3F)cc2)CC1. The smallest absolute Gasteiger partial charge is 0.261 e. The Labute approximate surface area is 158 Å². The number of sulfonamides is 1. The molecule has 2 aromatic rings. The van der Waals surface area contributed by atoms with Crippen LogP contribution in [-0.2, 0) is 10.0 Å². The molecule has 0 heterocycles. The maximum Gasteiger partial charge on any atom is 0.261 e. The lowest BCUT2D eigenvalue weighted by atomic mass is 9.91. The Hall–Kier alpha value is -2.45. The van der Waals surface area contributed by atoms with Crippen LogP contribution in [-0.4, -0.2) is 26.4 Å². The van der Waals surface area contributed by atoms with Gasteiger partial charge in [0.05, 0.1) is 10.6 Å². The number of halogens is 1. The number of amides is 1. The van der Waals surface area contributed by atoms with Gasteiger partial charge in [-0.3, -0.25) is 9.52 Å². The summed E-state index contributed by atoms with van der Waals surface area (Å²) < 4.78 is 40.7. The molecule has 0 unspecified atom stereocenters. The lowest BCUT2D eigenvalue weighted by Crippen LogP contribution is -2.40. The predicted octanol–water partition coefficient (Wildman–Crippen LogP) is 2.63. The summed E-state index contributed by atoms with van der Waals surface area (Å²) in [5, 5.41) is 2.95. The number of hydrogen-bond donors (Lipinski definition) is 3. The molecule has 27 heavy (non-hydrogen) atoms. The van der Waals surface area contributed by atoms with Crippen LogP contribution in [0.25, 0.3) is 0 Å². The largest absolute Gasteiger partial charge is 0.349 e. The van der Waals surface area contributed by atoms with E-state index >= 15 is 0 Å². The summed E-state index contributed by atoms with van der Waals surface area (Å²) in [4.78, 5) is 12.3. The van der Waals surface area contributed by atoms with Crippen molar-refractivity contribution in [1.82, 2.24) is 5.32 Å². The summed E-state index contributed by atoms with van der Waals surface area (Å²) in [6, 6.07) is 11.3. The van der Waals surface area contributed by atoms with Crippen LogP contribution in [0.5, 0.6) is 0 Å². The molecule has 0 bridgehead atoms. The molecule has 0 radical (unpaired) electrons. The Morgan fingerprint density at radius 1 is 1.00 bits per heavy atom. The first kappa shape index (κ1) is 19.3. The molecule has 1 amide bonds. The summed E-state index contributed by atoms with van der Waals surface area (Å²) in [5.74, 6) is -0.911. The summed E-state index contributed by atoms with van der Waals surface area (Å²) in [5.41, 5.74) is 6.10. The molecule has 4 N–H and O–H groups in total. The second-order valence-electron chi connectivity index (χ2n) is 6.69. The van der Waals surface area contributed by atoms with Crippen molar-refractivity contribution in [3.8, 4) is 0 Å². The Bertz CT molecular complexity index is 908. The number of nitrogens with one attached hydrogen (secondary N) is 2. The van der Waals surface area contributed by atoms with E-state index in [0.29, 0.717) is 5.56 Å². The zero-order valence-electron chi connectivity index (χ0n) is 14.7. The van der Waals surface area contributed by atoms with Gasteiger partial charge in [0.25, 0.3) is 15.9 Å². The highest BCUT2D eigenvalue weighted by Gasteiger charge is 2.21. The molecule has 2 aromatic carbocycles. The Kier molecular flexibility index (Phi) is 5.76. The van der Waals surface area contributed by atoms with E-state index in [9.17, 15) is 17.6 Å². The van der Waals surface area contributed by atoms with Crippen LogP contribution in [0.3, 0.4) is 0 Å². The number of anilines is 1. The maximum atomic E-state index is 13.7. The molecular weight excluding hydrogens is 369 g/mol. The van der Waals surface area contributed by atoms with Gasteiger partial charge >= 0.3 is 0 Å². The highest BCUT2D eigenvalue weighted by molar-refractivity contribution is 7.92. The van der Waals surface area contributed by atoms with E-state index in [4.69, 9.17) is 5.73 Å². The molecule has 0 aliphatic heterocycles. The van der Waals surface area contributed by atoms with Crippen LogP contribution in [0.2, 0.25) is 0 Å². The van der Waals surface area contributed by atoms with Gasteiger partial charge in [-0.2, -0.15) is 0 Å². The molecule has 0 aromatic heterocycles. The van der Waals surface area contributed by atoms with Crippen molar-refractivity contribution in [3.63, 3.8) is 0 Å². The predicted molar refractivity (Wildman–Crippen MR) is 101 cm³/mol. The van der Waals surface area contributed by atoms with Crippen LogP contribution < -0.4 is 15.8 Å². The van der Waals surface area contributed by atoms with E-state index in [-0.39, 0.29) is 28.6 Å². The van der Waals surface area contributed by atoms with Gasteiger partial charge < -0.3 is 11.1 Å². The average Bonchev–Trinajstić information content (AvgIpc) is 2.65. The second-order valence-corrected chi connectivity index (χ2v) is 8.38. The molecule has 144 valence electrons. The van der Waals surface area contributed by atoms with Crippen LogP contribution in [0, 0.1) is 5.82 Å². The first-order valence-corrected chi connectivity index (χ1v) is 10.3. The summed E-state index contributed by atoms with van der Waals surface area (Å²) in [6.07, 6.45) is 3.44. The van der Waals surface area contributed by atoms with Crippen LogP contribution in [0.1, 0.15) is 36.0 Å². The van der Waals surface area contributed by atoms with Gasteiger partial charge in [0.1, 0.15) is 5.82 Å². The maximum absolute atomic E-state index is 13.7. The summed E-state index contributed by atoms with van der Waals surface area (Å²) in [6.45, 7) is 0. The van der Waals surface area contributed by atoms with Gasteiger partial charge in [0, 0.05) is 17.6 Å². The van der Waals surface area contributed by atoms with Gasteiger partial charge in [-0.15, -0.1) is 0 Å². The lowest BCUT2D eigenvalue weighted by Gasteiger charge is -2.26. The molecule has 1 saturated carbocycles. The Morgan fingerprint density at radius 2 is 1.63 bits per heavy atom. The highest BCUT2D eigenvalue weighted by Crippen LogP contribution is 2.20. The van der Waals surface area contributed by atoms with E-state index in [1.165, 1.54) is 48.5 Å². The third-order valence-corrected chi connectivity index (χ3v) is 6.03. The van der Waals surface area contributed by atoms with E-state index in [1.807, 2.05) is 0 Å². The fraction of sp³-hybridized carbons (Fsp3) is 0.316. The van der Waals surface area contributed by atoms with Crippen molar-refractivity contribution >= 4 is 21.6 Å². The molecule has 6 nitrogen and oxygen atoms in total. The van der Waals surface area contributed by atoms with Gasteiger partial charge in [0.2, 0.25) is 0 Å². The van der Waals surface area contributed by atoms with Gasteiger partial charge in [-0.1, -0.05) is 12.1 Å². The number of benzene rings is 2. The molecule has 0 atom stereocenters. The molecule has 0 spiro atoms. The second kappa shape index (κ2) is 8.06. The van der Waals surface area contributed by atoms with Gasteiger partial charge in [-0.25, -0.2) is 12.8 Å². The van der Waals surface area contributed by atoms with Gasteiger partial charge in [-0.05, 0) is 62.1 Å². The molecule has 3 rings (SSSR count). The number of nitrogens with two attached hydrogens (primary N) is 1. The molecule has 1 aliphatic rings. The summed E-state index contributed by atoms with van der Waals surface area (Å²) in [7, 11) is -3.95. The first-order chi connectivity index (χ1) is 12.8. The quantitative estimate of drug-likeness (QED) is 0.729. The van der Waals surface area contributed by atoms with E-state index in [1.54, 1.807) is 0 Å². The van der Waals surface area contributed by atoms with Crippen molar-refractivity contribution in [2.45, 2.75) is 42.7 Å². The zero-order valence-corrected chi connectivity index (χ0v) is 15.5. The molecule has 8 heteroatoms. The topological polar surface area (TPSA) is 101 Å². The fourth-order valence-corrected chi connectivity index (χ4v) is 4.13. The van der Waals surface area contributed by atoms with Gasteiger partial charge in [0.15, 0.2) is 0 Å². The third kappa shape index (κ3) is 4.84. The third-order valence-electron chi connectivity index (χ3n) is 4.65. The fourth-order valence-electron chi connectivity index (χ4n) is 3.07. The van der Waals surface area contributed by atoms with E-state index in [0.717, 1.165) is 25.7 Å². The van der Waals surface area contributed by atoms with E-state index in [2.05, 4.69) is 10.0 Å². The van der Waals surface area contributed by atoms with Crippen LogP contribution >= 0.6 is 0 Å². The lowest BCUT2D eigenvalue weighted by molar-refractivity contribution is 0.0925. The standard InChI is InChI=1S/C19H22FN3O3S/c20-17-3-1-2-4-18(17)23-27(25,26)16-11-5-13(6-12-16)19(24)22-15-9-7-14(21)8-10-15/h1-6,11-12,14-15,23H,7-10,21H2,(H,22,24). The van der Waals surface area contributed by atoms with Crippen molar-refractivity contribution in [2.24, 2.45) is 5.73 Å². The van der Waals surface area contributed by atoms with Crippen molar-refractivity contribution in [3.05, 3.63) is 59.9 Å². The number of carbonyl (C=O) groups excluding carboxylic acids is 1. The molecule has 0 saturated heterocycles. The number of hydrogen-bond acceptors (Lipinski definition) is 4. The minimum absolute atomic E-state index is 0.0501. The normalized spacial score (nSPS) is 20.1. The van der Waals surface area contributed by atoms with Crippen molar-refractivity contribution in [1.29, 1.82) is 0 Å². The van der Waals surface area contributed by atoms with Crippen LogP contribution in [0.4, 0.5) is 10.1 Å². The highest BCUT2D eigenvalue weighted by atomic mass is 32.2.